The Labute approximate surface area is 127 Å². The number of aliphatic hydroxyl groups excluding tert-OH is 1. The van der Waals surface area contributed by atoms with Gasteiger partial charge in [0.25, 0.3) is 0 Å². The summed E-state index contributed by atoms with van der Waals surface area (Å²) in [6.45, 7) is 7.38. The van der Waals surface area contributed by atoms with Crippen molar-refractivity contribution in [3.05, 3.63) is 71.3 Å². The van der Waals surface area contributed by atoms with E-state index in [1.165, 1.54) is 11.1 Å². The number of aliphatic hydroxyl groups is 1. The van der Waals surface area contributed by atoms with Gasteiger partial charge in [-0.2, -0.15) is 0 Å². The molecule has 0 aliphatic heterocycles. The van der Waals surface area contributed by atoms with E-state index in [2.05, 4.69) is 50.4 Å². The molecule has 0 fully saturated rings. The highest BCUT2D eigenvalue weighted by atomic mass is 16.3. The fourth-order valence-electron chi connectivity index (χ4n) is 2.44. The molecule has 2 heteroatoms. The Morgan fingerprint density at radius 3 is 2.05 bits per heavy atom. The third kappa shape index (κ3) is 4.42. The van der Waals surface area contributed by atoms with Gasteiger partial charge in [-0.15, -0.1) is 0 Å². The number of benzene rings is 2. The second kappa shape index (κ2) is 7.39. The van der Waals surface area contributed by atoms with Crippen LogP contribution in [0.4, 0.5) is 0 Å². The minimum Gasteiger partial charge on any atom is -0.382 e. The number of nitrogens with two attached hydrogens (primary N) is 1. The second-order valence-electron chi connectivity index (χ2n) is 6.05. The van der Waals surface area contributed by atoms with E-state index in [1.807, 2.05) is 30.3 Å². The summed E-state index contributed by atoms with van der Waals surface area (Å²) in [6, 6.07) is 18.8. The lowest BCUT2D eigenvalue weighted by atomic mass is 10.0. The summed E-state index contributed by atoms with van der Waals surface area (Å²) < 4.78 is 0. The van der Waals surface area contributed by atoms with Crippen molar-refractivity contribution in [1.29, 1.82) is 0 Å². The normalized spacial score (nSPS) is 14.1. The summed E-state index contributed by atoms with van der Waals surface area (Å²) >= 11 is 0. The first-order chi connectivity index (χ1) is 10.1. The standard InChI is InChI=1S/C19H25NO/c1-14(2)17-11-9-16(10-12-17)13-20-15(3)19(21)18-7-5-4-6-8-18/h4-12,14-15,19-21H,13H2,1-3H3/p+1/t15-,19-/m0/s1. The fourth-order valence-corrected chi connectivity index (χ4v) is 2.44. The van der Waals surface area contributed by atoms with E-state index < -0.39 is 6.10 Å². The van der Waals surface area contributed by atoms with Crippen molar-refractivity contribution in [1.82, 2.24) is 0 Å². The Morgan fingerprint density at radius 2 is 1.48 bits per heavy atom. The van der Waals surface area contributed by atoms with E-state index in [0.717, 1.165) is 12.1 Å². The predicted octanol–water partition coefficient (Wildman–Crippen LogP) is 3.00. The lowest BCUT2D eigenvalue weighted by Crippen LogP contribution is -2.88. The minimum absolute atomic E-state index is 0.136. The van der Waals surface area contributed by atoms with Crippen molar-refractivity contribution < 1.29 is 10.4 Å². The van der Waals surface area contributed by atoms with E-state index in [1.54, 1.807) is 0 Å². The number of hydrogen-bond acceptors (Lipinski definition) is 1. The molecular formula is C19H26NO+. The summed E-state index contributed by atoms with van der Waals surface area (Å²) in [7, 11) is 0. The first-order valence-corrected chi connectivity index (χ1v) is 7.73. The summed E-state index contributed by atoms with van der Waals surface area (Å²) in [5, 5.41) is 12.5. The Hall–Kier alpha value is -1.64. The van der Waals surface area contributed by atoms with Crippen LogP contribution < -0.4 is 5.32 Å². The van der Waals surface area contributed by atoms with E-state index in [4.69, 9.17) is 0 Å². The largest absolute Gasteiger partial charge is 0.382 e. The lowest BCUT2D eigenvalue weighted by molar-refractivity contribution is -0.709. The maximum absolute atomic E-state index is 10.4. The molecule has 0 aliphatic carbocycles. The van der Waals surface area contributed by atoms with Gasteiger partial charge >= 0.3 is 0 Å². The van der Waals surface area contributed by atoms with Crippen LogP contribution in [0, 0.1) is 0 Å². The maximum Gasteiger partial charge on any atom is 0.130 e. The Morgan fingerprint density at radius 1 is 0.857 bits per heavy atom. The minimum atomic E-state index is -0.430. The first kappa shape index (κ1) is 15.7. The third-order valence-electron chi connectivity index (χ3n) is 4.01. The molecule has 2 nitrogen and oxygen atoms in total. The number of hydrogen-bond donors (Lipinski definition) is 2. The van der Waals surface area contributed by atoms with Gasteiger partial charge in [-0.1, -0.05) is 68.4 Å². The summed E-state index contributed by atoms with van der Waals surface area (Å²) in [4.78, 5) is 0. The molecule has 21 heavy (non-hydrogen) atoms. The Bertz CT molecular complexity index is 533. The van der Waals surface area contributed by atoms with Gasteiger partial charge in [-0.3, -0.25) is 0 Å². The number of rotatable bonds is 6. The Kier molecular flexibility index (Phi) is 5.54. The average molecular weight is 284 g/mol. The highest BCUT2D eigenvalue weighted by Gasteiger charge is 2.18. The van der Waals surface area contributed by atoms with Crippen LogP contribution in [0.5, 0.6) is 0 Å². The van der Waals surface area contributed by atoms with E-state index in [9.17, 15) is 5.11 Å². The van der Waals surface area contributed by atoms with Crippen molar-refractivity contribution >= 4 is 0 Å². The van der Waals surface area contributed by atoms with Gasteiger partial charge in [0.1, 0.15) is 18.7 Å². The molecule has 2 aromatic carbocycles. The highest BCUT2D eigenvalue weighted by Crippen LogP contribution is 2.15. The molecule has 0 saturated carbocycles. The topological polar surface area (TPSA) is 36.8 Å². The predicted molar refractivity (Wildman–Crippen MR) is 87.0 cm³/mol. The molecule has 0 unspecified atom stereocenters. The Balaban J connectivity index is 1.90. The van der Waals surface area contributed by atoms with Crippen LogP contribution in [-0.2, 0) is 6.54 Å². The average Bonchev–Trinajstić information content (AvgIpc) is 2.53. The lowest BCUT2D eigenvalue weighted by Gasteiger charge is -2.18. The summed E-state index contributed by atoms with van der Waals surface area (Å²) in [6.07, 6.45) is -0.430. The van der Waals surface area contributed by atoms with Crippen LogP contribution >= 0.6 is 0 Å². The van der Waals surface area contributed by atoms with Gasteiger partial charge in [0, 0.05) is 5.56 Å². The van der Waals surface area contributed by atoms with Gasteiger partial charge in [0.15, 0.2) is 0 Å². The second-order valence-corrected chi connectivity index (χ2v) is 6.05. The van der Waals surface area contributed by atoms with Gasteiger partial charge in [-0.25, -0.2) is 0 Å². The van der Waals surface area contributed by atoms with Crippen LogP contribution in [0.25, 0.3) is 0 Å². The maximum atomic E-state index is 10.4. The van der Waals surface area contributed by atoms with E-state index in [0.29, 0.717) is 5.92 Å². The zero-order valence-electron chi connectivity index (χ0n) is 13.2. The van der Waals surface area contributed by atoms with Crippen LogP contribution in [-0.4, -0.2) is 11.1 Å². The molecule has 0 saturated heterocycles. The molecule has 112 valence electrons. The third-order valence-corrected chi connectivity index (χ3v) is 4.01. The highest BCUT2D eigenvalue weighted by molar-refractivity contribution is 5.24. The van der Waals surface area contributed by atoms with Gasteiger partial charge in [0.05, 0.1) is 0 Å². The smallest absolute Gasteiger partial charge is 0.130 e. The van der Waals surface area contributed by atoms with Crippen LogP contribution in [0.1, 0.15) is 49.5 Å². The van der Waals surface area contributed by atoms with Gasteiger partial charge in [-0.05, 0) is 24.0 Å². The zero-order chi connectivity index (χ0) is 15.2. The molecule has 0 bridgehead atoms. The SMILES string of the molecule is CC(C)c1ccc(C[NH2+][C@@H](C)[C@H](O)c2ccccc2)cc1. The number of quaternary nitrogens is 1. The molecule has 0 amide bonds. The molecule has 0 heterocycles. The van der Waals surface area contributed by atoms with E-state index in [-0.39, 0.29) is 6.04 Å². The molecule has 2 rings (SSSR count). The van der Waals surface area contributed by atoms with Crippen molar-refractivity contribution in [2.24, 2.45) is 0 Å². The molecule has 0 spiro atoms. The van der Waals surface area contributed by atoms with Crippen molar-refractivity contribution in [2.45, 2.75) is 45.4 Å². The fraction of sp³-hybridized carbons (Fsp3) is 0.368. The molecule has 0 aliphatic rings. The monoisotopic (exact) mass is 284 g/mol. The van der Waals surface area contributed by atoms with Crippen LogP contribution in [0.3, 0.4) is 0 Å². The summed E-state index contributed by atoms with van der Waals surface area (Å²) in [5.74, 6) is 0.571. The quantitative estimate of drug-likeness (QED) is 0.840. The summed E-state index contributed by atoms with van der Waals surface area (Å²) in [5.41, 5.74) is 3.65. The van der Waals surface area contributed by atoms with E-state index >= 15 is 0 Å². The molecule has 3 N–H and O–H groups in total. The first-order valence-electron chi connectivity index (χ1n) is 7.73. The van der Waals surface area contributed by atoms with Crippen molar-refractivity contribution in [2.75, 3.05) is 0 Å². The van der Waals surface area contributed by atoms with Gasteiger partial charge in [0.2, 0.25) is 0 Å². The van der Waals surface area contributed by atoms with Crippen LogP contribution in [0.15, 0.2) is 54.6 Å². The molecule has 0 radical (unpaired) electrons. The van der Waals surface area contributed by atoms with Crippen molar-refractivity contribution in [3.63, 3.8) is 0 Å². The zero-order valence-corrected chi connectivity index (χ0v) is 13.2. The van der Waals surface area contributed by atoms with Crippen molar-refractivity contribution in [3.8, 4) is 0 Å². The molecular weight excluding hydrogens is 258 g/mol. The molecule has 2 atom stereocenters. The molecule has 0 aromatic heterocycles. The van der Waals surface area contributed by atoms with Crippen LogP contribution in [0.2, 0.25) is 0 Å². The molecule has 2 aromatic rings. The van der Waals surface area contributed by atoms with Gasteiger partial charge < -0.3 is 10.4 Å².